The van der Waals surface area contributed by atoms with Crippen LogP contribution in [0, 0.1) is 0 Å². The highest BCUT2D eigenvalue weighted by Gasteiger charge is 2.18. The molecule has 2 aromatic carbocycles. The van der Waals surface area contributed by atoms with Crippen LogP contribution in [0.3, 0.4) is 0 Å². The average molecular weight is 424 g/mol. The standard InChI is InChI=1S/C25H29NO5/c1-3-20(21-8-5-4-6-9-21)17-26-25(28)18(2)31-24(27)13-11-19-10-12-22-23(16-19)30-15-7-14-29-22/h4-6,8-13,16,18,20H,3,7,14-15,17H2,1-2H3,(H,26,28)/b13-11+/t18-,20-/m0/s1. The van der Waals surface area contributed by atoms with Crippen molar-refractivity contribution in [2.75, 3.05) is 19.8 Å². The Morgan fingerprint density at radius 3 is 2.58 bits per heavy atom. The van der Waals surface area contributed by atoms with Crippen LogP contribution in [0.2, 0.25) is 0 Å². The second kappa shape index (κ2) is 11.2. The molecule has 6 nitrogen and oxygen atoms in total. The Labute approximate surface area is 183 Å². The minimum Gasteiger partial charge on any atom is -0.490 e. The summed E-state index contributed by atoms with van der Waals surface area (Å²) in [7, 11) is 0. The highest BCUT2D eigenvalue weighted by atomic mass is 16.5. The topological polar surface area (TPSA) is 73.9 Å². The van der Waals surface area contributed by atoms with Gasteiger partial charge in [0.1, 0.15) is 0 Å². The predicted molar refractivity (Wildman–Crippen MR) is 119 cm³/mol. The zero-order valence-corrected chi connectivity index (χ0v) is 18.0. The van der Waals surface area contributed by atoms with Crippen molar-refractivity contribution in [1.29, 1.82) is 0 Å². The van der Waals surface area contributed by atoms with Crippen molar-refractivity contribution >= 4 is 18.0 Å². The third kappa shape index (κ3) is 6.60. The van der Waals surface area contributed by atoms with Crippen LogP contribution >= 0.6 is 0 Å². The van der Waals surface area contributed by atoms with E-state index in [1.165, 1.54) is 11.6 Å². The van der Waals surface area contributed by atoms with Gasteiger partial charge in [0.05, 0.1) is 13.2 Å². The van der Waals surface area contributed by atoms with E-state index in [0.29, 0.717) is 31.3 Å². The van der Waals surface area contributed by atoms with Crippen LogP contribution in [-0.4, -0.2) is 37.7 Å². The number of nitrogens with one attached hydrogen (secondary N) is 1. The number of hydrogen-bond acceptors (Lipinski definition) is 5. The lowest BCUT2D eigenvalue weighted by atomic mass is 9.96. The molecule has 0 unspecified atom stereocenters. The number of esters is 1. The number of fused-ring (bicyclic) bond motifs is 1. The van der Waals surface area contributed by atoms with Crippen molar-refractivity contribution in [3.05, 3.63) is 65.7 Å². The number of carbonyl (C=O) groups excluding carboxylic acids is 2. The molecule has 0 fully saturated rings. The van der Waals surface area contributed by atoms with E-state index in [0.717, 1.165) is 18.4 Å². The maximum Gasteiger partial charge on any atom is 0.331 e. The molecular formula is C25H29NO5. The zero-order chi connectivity index (χ0) is 22.1. The molecule has 1 amide bonds. The number of ether oxygens (including phenoxy) is 3. The lowest BCUT2D eigenvalue weighted by Gasteiger charge is -2.18. The second-order valence-corrected chi connectivity index (χ2v) is 7.43. The van der Waals surface area contributed by atoms with Gasteiger partial charge in [0, 0.05) is 25.0 Å². The lowest BCUT2D eigenvalue weighted by molar-refractivity contribution is -0.150. The summed E-state index contributed by atoms with van der Waals surface area (Å²) in [4.78, 5) is 24.5. The molecule has 1 heterocycles. The van der Waals surface area contributed by atoms with Crippen LogP contribution in [0.15, 0.2) is 54.6 Å². The van der Waals surface area contributed by atoms with Gasteiger partial charge in [0.15, 0.2) is 17.6 Å². The summed E-state index contributed by atoms with van der Waals surface area (Å²) in [5.74, 6) is 0.678. The first kappa shape index (κ1) is 22.4. The SMILES string of the molecule is CC[C@@H](CNC(=O)[C@H](C)OC(=O)/C=C/c1ccc2c(c1)OCCCO2)c1ccccc1. The quantitative estimate of drug-likeness (QED) is 0.511. The molecule has 0 bridgehead atoms. The average Bonchev–Trinajstić information content (AvgIpc) is 3.03. The van der Waals surface area contributed by atoms with Gasteiger partial charge in [-0.2, -0.15) is 0 Å². The molecule has 6 heteroatoms. The molecule has 2 atom stereocenters. The summed E-state index contributed by atoms with van der Waals surface area (Å²) < 4.78 is 16.5. The summed E-state index contributed by atoms with van der Waals surface area (Å²) in [6.45, 7) is 5.36. The van der Waals surface area contributed by atoms with E-state index in [2.05, 4.69) is 12.2 Å². The molecular weight excluding hydrogens is 394 g/mol. The van der Waals surface area contributed by atoms with Gasteiger partial charge < -0.3 is 19.5 Å². The smallest absolute Gasteiger partial charge is 0.331 e. The Morgan fingerprint density at radius 2 is 1.84 bits per heavy atom. The second-order valence-electron chi connectivity index (χ2n) is 7.43. The summed E-state index contributed by atoms with van der Waals surface area (Å²) in [6.07, 6.45) is 3.79. The van der Waals surface area contributed by atoms with Gasteiger partial charge in [0.25, 0.3) is 5.91 Å². The van der Waals surface area contributed by atoms with Gasteiger partial charge in [-0.25, -0.2) is 4.79 Å². The molecule has 1 aliphatic rings. The molecule has 164 valence electrons. The van der Waals surface area contributed by atoms with E-state index >= 15 is 0 Å². The van der Waals surface area contributed by atoms with Gasteiger partial charge in [-0.15, -0.1) is 0 Å². The monoisotopic (exact) mass is 423 g/mol. The molecule has 2 aromatic rings. The summed E-state index contributed by atoms with van der Waals surface area (Å²) >= 11 is 0. The molecule has 0 saturated carbocycles. The molecule has 1 aliphatic heterocycles. The van der Waals surface area contributed by atoms with Crippen LogP contribution in [0.1, 0.15) is 43.7 Å². The van der Waals surface area contributed by atoms with E-state index in [1.54, 1.807) is 13.0 Å². The van der Waals surface area contributed by atoms with Gasteiger partial charge in [-0.05, 0) is 42.7 Å². The Balaban J connectivity index is 1.49. The third-order valence-corrected chi connectivity index (χ3v) is 5.13. The maximum absolute atomic E-state index is 12.4. The number of rotatable bonds is 8. The number of amides is 1. The maximum atomic E-state index is 12.4. The molecule has 1 N–H and O–H groups in total. The lowest BCUT2D eigenvalue weighted by Crippen LogP contribution is -2.37. The largest absolute Gasteiger partial charge is 0.490 e. The summed E-state index contributed by atoms with van der Waals surface area (Å²) in [6, 6.07) is 15.5. The van der Waals surface area contributed by atoms with Crippen molar-refractivity contribution in [2.45, 2.75) is 38.7 Å². The van der Waals surface area contributed by atoms with E-state index in [-0.39, 0.29) is 11.8 Å². The highest BCUT2D eigenvalue weighted by Crippen LogP contribution is 2.30. The first-order valence-corrected chi connectivity index (χ1v) is 10.7. The Kier molecular flexibility index (Phi) is 8.10. The Bertz CT molecular complexity index is 909. The summed E-state index contributed by atoms with van der Waals surface area (Å²) in [5, 5.41) is 2.88. The number of benzene rings is 2. The first-order chi connectivity index (χ1) is 15.1. The van der Waals surface area contributed by atoms with Crippen molar-refractivity contribution in [1.82, 2.24) is 5.32 Å². The van der Waals surface area contributed by atoms with E-state index in [1.807, 2.05) is 48.5 Å². The number of carbonyl (C=O) groups is 2. The molecule has 0 radical (unpaired) electrons. The minimum atomic E-state index is -0.880. The van der Waals surface area contributed by atoms with Crippen molar-refractivity contribution < 1.29 is 23.8 Å². The van der Waals surface area contributed by atoms with Crippen LogP contribution in [0.25, 0.3) is 6.08 Å². The van der Waals surface area contributed by atoms with Crippen molar-refractivity contribution in [3.63, 3.8) is 0 Å². The molecule has 0 saturated heterocycles. The fourth-order valence-electron chi connectivity index (χ4n) is 3.31. The molecule has 0 aliphatic carbocycles. The Hall–Kier alpha value is -3.28. The van der Waals surface area contributed by atoms with Crippen molar-refractivity contribution in [3.8, 4) is 11.5 Å². The van der Waals surface area contributed by atoms with Gasteiger partial charge in [0.2, 0.25) is 0 Å². The van der Waals surface area contributed by atoms with E-state index in [4.69, 9.17) is 14.2 Å². The van der Waals surface area contributed by atoms with Gasteiger partial charge in [-0.1, -0.05) is 43.3 Å². The molecule has 0 aromatic heterocycles. The Morgan fingerprint density at radius 1 is 1.10 bits per heavy atom. The molecule has 0 spiro atoms. The predicted octanol–water partition coefficient (Wildman–Crippen LogP) is 4.10. The zero-order valence-electron chi connectivity index (χ0n) is 18.0. The van der Waals surface area contributed by atoms with Crippen LogP contribution in [0.4, 0.5) is 0 Å². The number of hydrogen-bond donors (Lipinski definition) is 1. The van der Waals surface area contributed by atoms with Crippen LogP contribution in [-0.2, 0) is 14.3 Å². The fraction of sp³-hybridized carbons (Fsp3) is 0.360. The first-order valence-electron chi connectivity index (χ1n) is 10.7. The summed E-state index contributed by atoms with van der Waals surface area (Å²) in [5.41, 5.74) is 1.96. The third-order valence-electron chi connectivity index (χ3n) is 5.13. The van der Waals surface area contributed by atoms with E-state index in [9.17, 15) is 9.59 Å². The molecule has 31 heavy (non-hydrogen) atoms. The normalized spacial score (nSPS) is 15.0. The van der Waals surface area contributed by atoms with Gasteiger partial charge >= 0.3 is 5.97 Å². The van der Waals surface area contributed by atoms with Crippen LogP contribution in [0.5, 0.6) is 11.5 Å². The highest BCUT2D eigenvalue weighted by molar-refractivity contribution is 5.90. The van der Waals surface area contributed by atoms with Crippen LogP contribution < -0.4 is 14.8 Å². The fourth-order valence-corrected chi connectivity index (χ4v) is 3.31. The molecule has 3 rings (SSSR count). The van der Waals surface area contributed by atoms with Crippen molar-refractivity contribution in [2.24, 2.45) is 0 Å². The minimum absolute atomic E-state index is 0.215. The van der Waals surface area contributed by atoms with E-state index < -0.39 is 12.1 Å². The van der Waals surface area contributed by atoms with Gasteiger partial charge in [-0.3, -0.25) is 4.79 Å².